The lowest BCUT2D eigenvalue weighted by Crippen LogP contribution is -2.47. The predicted molar refractivity (Wildman–Crippen MR) is 88.5 cm³/mol. The molecule has 2 atom stereocenters. The molecule has 2 N–H and O–H groups in total. The third-order valence-corrected chi connectivity index (χ3v) is 4.06. The van der Waals surface area contributed by atoms with Gasteiger partial charge in [0, 0.05) is 7.05 Å². The number of rotatable bonds is 4. The van der Waals surface area contributed by atoms with Gasteiger partial charge in [-0.05, 0) is 17.7 Å². The summed E-state index contributed by atoms with van der Waals surface area (Å²) in [4.78, 5) is 14.1. The number of ether oxygens (including phenoxy) is 1. The van der Waals surface area contributed by atoms with Crippen molar-refractivity contribution in [2.45, 2.75) is 12.1 Å². The largest absolute Gasteiger partial charge is 0.490 e. The maximum atomic E-state index is 12.1. The number of amides is 1. The maximum absolute atomic E-state index is 12.1. The summed E-state index contributed by atoms with van der Waals surface area (Å²) in [6, 6.07) is 16.8. The third-order valence-electron chi connectivity index (χ3n) is 4.06. The number of hydrogen-bond donors (Lipinski definition) is 2. The summed E-state index contributed by atoms with van der Waals surface area (Å²) in [6.07, 6.45) is -1.17. The number of aliphatic hydroxyl groups is 1. The summed E-state index contributed by atoms with van der Waals surface area (Å²) >= 11 is 0. The smallest absolute Gasteiger partial charge is 0.251 e. The number of hydrogen-bond acceptors (Lipinski definition) is 4. The van der Waals surface area contributed by atoms with Crippen LogP contribution in [0.3, 0.4) is 0 Å². The van der Waals surface area contributed by atoms with Crippen LogP contribution in [-0.4, -0.2) is 37.3 Å². The number of nitrogens with one attached hydrogen (secondary N) is 1. The van der Waals surface area contributed by atoms with Crippen LogP contribution in [-0.2, 0) is 4.79 Å². The molecule has 0 radical (unpaired) electrons. The molecule has 0 bridgehead atoms. The molecule has 0 aliphatic carbocycles. The highest BCUT2D eigenvalue weighted by atomic mass is 16.5. The summed E-state index contributed by atoms with van der Waals surface area (Å²) in [5, 5.41) is 13.1. The molecule has 3 rings (SSSR count). The first kappa shape index (κ1) is 15.4. The average Bonchev–Trinajstić information content (AvgIpc) is 2.62. The van der Waals surface area contributed by atoms with E-state index in [4.69, 9.17) is 4.74 Å². The van der Waals surface area contributed by atoms with Crippen molar-refractivity contribution in [3.63, 3.8) is 0 Å². The Morgan fingerprint density at radius 3 is 2.61 bits per heavy atom. The van der Waals surface area contributed by atoms with Gasteiger partial charge in [0.05, 0.1) is 18.3 Å². The Morgan fingerprint density at radius 2 is 1.87 bits per heavy atom. The van der Waals surface area contributed by atoms with Crippen molar-refractivity contribution < 1.29 is 14.6 Å². The van der Waals surface area contributed by atoms with Gasteiger partial charge in [-0.25, -0.2) is 0 Å². The van der Waals surface area contributed by atoms with Crippen LogP contribution in [0.4, 0.5) is 5.69 Å². The second-order valence-electron chi connectivity index (χ2n) is 5.42. The van der Waals surface area contributed by atoms with E-state index in [2.05, 4.69) is 5.32 Å². The van der Waals surface area contributed by atoms with E-state index in [-0.39, 0.29) is 0 Å². The first-order valence-electron chi connectivity index (χ1n) is 7.65. The van der Waals surface area contributed by atoms with E-state index in [9.17, 15) is 9.90 Å². The highest BCUT2D eigenvalue weighted by Crippen LogP contribution is 2.38. The molecule has 1 heterocycles. The van der Waals surface area contributed by atoms with Gasteiger partial charge in [-0.2, -0.15) is 0 Å². The normalized spacial score (nSPS) is 16.0. The van der Waals surface area contributed by atoms with Crippen LogP contribution in [0, 0.1) is 0 Å². The second-order valence-corrected chi connectivity index (χ2v) is 5.42. The first-order valence-corrected chi connectivity index (χ1v) is 7.65. The number of likely N-dealkylation sites (N-methyl/N-ethyl adjacent to an activating group) is 1. The number of carbonyl (C=O) groups excluding carboxylic acids is 1. The number of nitrogens with zero attached hydrogens (tertiary/aromatic N) is 1. The van der Waals surface area contributed by atoms with E-state index in [0.29, 0.717) is 13.2 Å². The van der Waals surface area contributed by atoms with Crippen molar-refractivity contribution in [3.8, 4) is 5.75 Å². The molecule has 0 saturated heterocycles. The number of carbonyl (C=O) groups is 1. The second kappa shape index (κ2) is 6.71. The van der Waals surface area contributed by atoms with E-state index in [0.717, 1.165) is 17.0 Å². The van der Waals surface area contributed by atoms with Gasteiger partial charge in [-0.1, -0.05) is 42.5 Å². The maximum Gasteiger partial charge on any atom is 0.251 e. The molecule has 0 saturated carbocycles. The fraction of sp³-hybridized carbons (Fsp3) is 0.278. The molecular formula is C18H20N2O3. The van der Waals surface area contributed by atoms with Crippen LogP contribution >= 0.6 is 0 Å². The Labute approximate surface area is 135 Å². The fourth-order valence-corrected chi connectivity index (χ4v) is 2.95. The van der Waals surface area contributed by atoms with E-state index in [1.807, 2.05) is 59.5 Å². The summed E-state index contributed by atoms with van der Waals surface area (Å²) in [7, 11) is 1.53. The summed E-state index contributed by atoms with van der Waals surface area (Å²) < 4.78 is 5.68. The zero-order chi connectivity index (χ0) is 16.2. The van der Waals surface area contributed by atoms with Gasteiger partial charge < -0.3 is 20.1 Å². The van der Waals surface area contributed by atoms with Gasteiger partial charge in [-0.3, -0.25) is 4.79 Å². The first-order chi connectivity index (χ1) is 11.2. The molecule has 1 aliphatic rings. The lowest BCUT2D eigenvalue weighted by atomic mass is 9.97. The van der Waals surface area contributed by atoms with Crippen LogP contribution in [0.25, 0.3) is 0 Å². The molecule has 0 spiro atoms. The standard InChI is InChI=1S/C18H20N2O3/c1-19-18(22)17(21)16(13-7-3-2-4-8-13)20-11-12-23-15-10-6-5-9-14(15)20/h2-10,16-17,21H,11-12H2,1H3,(H,19,22). The van der Waals surface area contributed by atoms with Gasteiger partial charge in [0.2, 0.25) is 0 Å². The monoisotopic (exact) mass is 312 g/mol. The molecule has 0 aromatic heterocycles. The minimum atomic E-state index is -1.17. The number of fused-ring (bicyclic) bond motifs is 1. The Bertz CT molecular complexity index is 675. The molecule has 5 nitrogen and oxygen atoms in total. The summed E-state index contributed by atoms with van der Waals surface area (Å²) in [5.74, 6) is 0.367. The molecule has 0 fully saturated rings. The molecule has 2 aromatic carbocycles. The molecule has 5 heteroatoms. The minimum Gasteiger partial charge on any atom is -0.490 e. The third kappa shape index (κ3) is 3.00. The van der Waals surface area contributed by atoms with Crippen molar-refractivity contribution in [3.05, 3.63) is 60.2 Å². The molecule has 120 valence electrons. The van der Waals surface area contributed by atoms with Crippen molar-refractivity contribution in [2.24, 2.45) is 0 Å². The Morgan fingerprint density at radius 1 is 1.17 bits per heavy atom. The van der Waals surface area contributed by atoms with E-state index >= 15 is 0 Å². The van der Waals surface area contributed by atoms with Crippen LogP contribution in [0.5, 0.6) is 5.75 Å². The lowest BCUT2D eigenvalue weighted by Gasteiger charge is -2.39. The summed E-state index contributed by atoms with van der Waals surface area (Å²) in [6.45, 7) is 1.12. The van der Waals surface area contributed by atoms with Gasteiger partial charge in [0.15, 0.2) is 6.10 Å². The Kier molecular flexibility index (Phi) is 4.48. The lowest BCUT2D eigenvalue weighted by molar-refractivity contribution is -0.130. The molecule has 2 aromatic rings. The number of anilines is 1. The number of benzene rings is 2. The van der Waals surface area contributed by atoms with Crippen molar-refractivity contribution in [1.82, 2.24) is 5.32 Å². The number of aliphatic hydroxyl groups excluding tert-OH is 1. The van der Waals surface area contributed by atoms with Crippen molar-refractivity contribution in [2.75, 3.05) is 25.1 Å². The van der Waals surface area contributed by atoms with Gasteiger partial charge in [-0.15, -0.1) is 0 Å². The van der Waals surface area contributed by atoms with E-state index < -0.39 is 18.1 Å². The predicted octanol–water partition coefficient (Wildman–Crippen LogP) is 1.73. The van der Waals surface area contributed by atoms with Crippen LogP contribution in [0.1, 0.15) is 11.6 Å². The molecule has 23 heavy (non-hydrogen) atoms. The minimum absolute atomic E-state index is 0.400. The zero-order valence-electron chi connectivity index (χ0n) is 13.0. The van der Waals surface area contributed by atoms with Crippen molar-refractivity contribution >= 4 is 11.6 Å². The van der Waals surface area contributed by atoms with E-state index in [1.165, 1.54) is 7.05 Å². The Hall–Kier alpha value is -2.53. The van der Waals surface area contributed by atoms with Crippen LogP contribution in [0.2, 0.25) is 0 Å². The van der Waals surface area contributed by atoms with Gasteiger partial charge >= 0.3 is 0 Å². The van der Waals surface area contributed by atoms with Gasteiger partial charge in [0.1, 0.15) is 12.4 Å². The average molecular weight is 312 g/mol. The number of para-hydroxylation sites is 2. The van der Waals surface area contributed by atoms with Crippen LogP contribution in [0.15, 0.2) is 54.6 Å². The highest BCUT2D eigenvalue weighted by Gasteiger charge is 2.34. The fourth-order valence-electron chi connectivity index (χ4n) is 2.95. The highest BCUT2D eigenvalue weighted by molar-refractivity contribution is 5.82. The molecular weight excluding hydrogens is 292 g/mol. The van der Waals surface area contributed by atoms with Gasteiger partial charge in [0.25, 0.3) is 5.91 Å². The van der Waals surface area contributed by atoms with Crippen LogP contribution < -0.4 is 15.0 Å². The molecule has 1 amide bonds. The summed E-state index contributed by atoms with van der Waals surface area (Å²) in [5.41, 5.74) is 1.77. The molecule has 1 aliphatic heterocycles. The SMILES string of the molecule is CNC(=O)C(O)C(c1ccccc1)N1CCOc2ccccc21. The zero-order valence-corrected chi connectivity index (χ0v) is 13.0. The van der Waals surface area contributed by atoms with E-state index in [1.54, 1.807) is 0 Å². The molecule has 2 unspecified atom stereocenters. The van der Waals surface area contributed by atoms with Crippen molar-refractivity contribution in [1.29, 1.82) is 0 Å². The quantitative estimate of drug-likeness (QED) is 0.903. The topological polar surface area (TPSA) is 61.8 Å². The Balaban J connectivity index is 2.04.